The van der Waals surface area contributed by atoms with E-state index in [-0.39, 0.29) is 12.2 Å². The lowest BCUT2D eigenvalue weighted by molar-refractivity contribution is -0.137. The van der Waals surface area contributed by atoms with E-state index in [1.165, 1.54) is 5.56 Å². The van der Waals surface area contributed by atoms with Crippen molar-refractivity contribution in [3.63, 3.8) is 0 Å². The summed E-state index contributed by atoms with van der Waals surface area (Å²) in [4.78, 5) is 23.0. The number of benzene rings is 1. The van der Waals surface area contributed by atoms with Crippen LogP contribution in [0.1, 0.15) is 73.5 Å². The number of carboxylic acids is 1. The van der Waals surface area contributed by atoms with Crippen LogP contribution >= 0.6 is 0 Å². The van der Waals surface area contributed by atoms with Gasteiger partial charge >= 0.3 is 5.97 Å². The van der Waals surface area contributed by atoms with Gasteiger partial charge in [-0.05, 0) is 48.8 Å². The minimum Gasteiger partial charge on any atom is -0.481 e. The van der Waals surface area contributed by atoms with Crippen LogP contribution in [0.4, 0.5) is 0 Å². The number of aliphatic carboxylic acids is 1. The summed E-state index contributed by atoms with van der Waals surface area (Å²) in [6.07, 6.45) is 4.49. The zero-order chi connectivity index (χ0) is 15.8. The van der Waals surface area contributed by atoms with Gasteiger partial charge in [0.15, 0.2) is 5.78 Å². The maximum Gasteiger partial charge on any atom is 0.303 e. The van der Waals surface area contributed by atoms with Crippen molar-refractivity contribution in [3.05, 3.63) is 34.4 Å². The molecule has 0 aliphatic rings. The lowest BCUT2D eigenvalue weighted by Gasteiger charge is -2.14. The fourth-order valence-electron chi connectivity index (χ4n) is 2.65. The topological polar surface area (TPSA) is 54.4 Å². The molecule has 0 aliphatic carbocycles. The molecule has 0 aliphatic heterocycles. The maximum atomic E-state index is 12.5. The lowest BCUT2D eigenvalue weighted by Crippen LogP contribution is -2.09. The van der Waals surface area contributed by atoms with E-state index in [0.717, 1.165) is 36.0 Å². The Labute approximate surface area is 127 Å². The third kappa shape index (κ3) is 5.00. The molecule has 0 spiro atoms. The van der Waals surface area contributed by atoms with Gasteiger partial charge in [-0.3, -0.25) is 9.59 Å². The Morgan fingerprint density at radius 2 is 1.43 bits per heavy atom. The smallest absolute Gasteiger partial charge is 0.303 e. The predicted octanol–water partition coefficient (Wildman–Crippen LogP) is 4.20. The quantitative estimate of drug-likeness (QED) is 0.547. The van der Waals surface area contributed by atoms with Crippen LogP contribution in [0.2, 0.25) is 0 Å². The highest BCUT2D eigenvalue weighted by Gasteiger charge is 2.15. The first-order valence-corrected chi connectivity index (χ1v) is 7.93. The number of Topliss-reactive ketones (excluding diaryl/α,β-unsaturated/α-hetero) is 1. The molecule has 0 aromatic heterocycles. The van der Waals surface area contributed by atoms with Crippen LogP contribution in [0.5, 0.6) is 0 Å². The lowest BCUT2D eigenvalue weighted by atomic mass is 9.89. The van der Waals surface area contributed by atoms with Gasteiger partial charge in [0.25, 0.3) is 0 Å². The molecule has 0 radical (unpaired) electrons. The van der Waals surface area contributed by atoms with Crippen LogP contribution in [-0.4, -0.2) is 16.9 Å². The van der Waals surface area contributed by atoms with E-state index >= 15 is 0 Å². The van der Waals surface area contributed by atoms with E-state index in [1.807, 2.05) is 0 Å². The third-order valence-corrected chi connectivity index (χ3v) is 3.85. The molecule has 3 nitrogen and oxygen atoms in total. The summed E-state index contributed by atoms with van der Waals surface area (Å²) in [5.41, 5.74) is 4.43. The molecule has 0 bridgehead atoms. The summed E-state index contributed by atoms with van der Waals surface area (Å²) < 4.78 is 0. The molecule has 0 saturated carbocycles. The summed E-state index contributed by atoms with van der Waals surface area (Å²) >= 11 is 0. The first-order valence-electron chi connectivity index (χ1n) is 7.93. The highest BCUT2D eigenvalue weighted by molar-refractivity contribution is 5.99. The number of unbranched alkanes of at least 4 members (excludes halogenated alkanes) is 1. The Morgan fingerprint density at radius 3 is 1.86 bits per heavy atom. The number of rotatable bonds is 9. The van der Waals surface area contributed by atoms with Crippen LogP contribution in [-0.2, 0) is 24.1 Å². The summed E-state index contributed by atoms with van der Waals surface area (Å²) in [5.74, 6) is -0.630. The minimum atomic E-state index is -0.793. The molecule has 1 rings (SSSR count). The van der Waals surface area contributed by atoms with Gasteiger partial charge in [-0.2, -0.15) is 0 Å². The molecule has 1 aromatic rings. The molecule has 0 heterocycles. The zero-order valence-electron chi connectivity index (χ0n) is 13.4. The van der Waals surface area contributed by atoms with E-state index in [9.17, 15) is 9.59 Å². The molecule has 1 N–H and O–H groups in total. The second-order valence-electron chi connectivity index (χ2n) is 5.37. The summed E-state index contributed by atoms with van der Waals surface area (Å²) in [6, 6.07) is 4.29. The largest absolute Gasteiger partial charge is 0.481 e. The van der Waals surface area contributed by atoms with Crippen molar-refractivity contribution < 1.29 is 14.7 Å². The second-order valence-corrected chi connectivity index (χ2v) is 5.37. The predicted molar refractivity (Wildman–Crippen MR) is 85.0 cm³/mol. The van der Waals surface area contributed by atoms with Crippen molar-refractivity contribution >= 4 is 11.8 Å². The molecule has 1 aromatic carbocycles. The highest BCUT2D eigenvalue weighted by atomic mass is 16.4. The van der Waals surface area contributed by atoms with E-state index in [2.05, 4.69) is 32.9 Å². The van der Waals surface area contributed by atoms with Crippen LogP contribution < -0.4 is 0 Å². The van der Waals surface area contributed by atoms with E-state index in [4.69, 9.17) is 5.11 Å². The Hall–Kier alpha value is -1.64. The third-order valence-electron chi connectivity index (χ3n) is 3.85. The number of carbonyl (C=O) groups excluding carboxylic acids is 1. The van der Waals surface area contributed by atoms with Gasteiger partial charge in [0.2, 0.25) is 0 Å². The van der Waals surface area contributed by atoms with Gasteiger partial charge in [-0.1, -0.05) is 32.9 Å². The van der Waals surface area contributed by atoms with Gasteiger partial charge in [0.1, 0.15) is 0 Å². The Kier molecular flexibility index (Phi) is 7.13. The number of ketones is 1. The maximum absolute atomic E-state index is 12.5. The number of aryl methyl sites for hydroxylation is 3. The SMILES string of the molecule is CCc1cc(CC)c(C(=O)CCCCC(=O)O)c(CC)c1. The molecular weight excluding hydrogens is 264 g/mol. The molecule has 0 saturated heterocycles. The molecule has 0 unspecified atom stereocenters. The monoisotopic (exact) mass is 290 g/mol. The molecular formula is C18H26O3. The number of carbonyl (C=O) groups is 2. The average molecular weight is 290 g/mol. The van der Waals surface area contributed by atoms with Gasteiger partial charge < -0.3 is 5.11 Å². The van der Waals surface area contributed by atoms with Crippen LogP contribution in [0.25, 0.3) is 0 Å². The number of carboxylic acid groups (broad SMARTS) is 1. The van der Waals surface area contributed by atoms with Gasteiger partial charge in [-0.25, -0.2) is 0 Å². The van der Waals surface area contributed by atoms with Crippen molar-refractivity contribution in [2.24, 2.45) is 0 Å². The Balaban J connectivity index is 2.89. The minimum absolute atomic E-state index is 0.142. The first kappa shape index (κ1) is 17.4. The zero-order valence-corrected chi connectivity index (χ0v) is 13.4. The van der Waals surface area contributed by atoms with Crippen molar-refractivity contribution in [2.45, 2.75) is 65.7 Å². The molecule has 21 heavy (non-hydrogen) atoms. The Morgan fingerprint density at radius 1 is 0.905 bits per heavy atom. The summed E-state index contributed by atoms with van der Waals surface area (Å²) in [5, 5.41) is 8.63. The fraction of sp³-hybridized carbons (Fsp3) is 0.556. The Bertz CT molecular complexity index is 478. The van der Waals surface area contributed by atoms with Crippen molar-refractivity contribution in [1.29, 1.82) is 0 Å². The standard InChI is InChI=1S/C18H26O3/c1-4-13-11-14(5-2)18(15(6-3)12-13)16(19)9-7-8-10-17(20)21/h11-12H,4-10H2,1-3H3,(H,20,21). The molecule has 116 valence electrons. The van der Waals surface area contributed by atoms with E-state index in [1.54, 1.807) is 0 Å². The van der Waals surface area contributed by atoms with E-state index < -0.39 is 5.97 Å². The van der Waals surface area contributed by atoms with Crippen LogP contribution in [0.15, 0.2) is 12.1 Å². The fourth-order valence-corrected chi connectivity index (χ4v) is 2.65. The van der Waals surface area contributed by atoms with Gasteiger partial charge in [0, 0.05) is 18.4 Å². The molecule has 0 amide bonds. The molecule has 0 fully saturated rings. The summed E-state index contributed by atoms with van der Waals surface area (Å²) in [6.45, 7) is 6.28. The van der Waals surface area contributed by atoms with Gasteiger partial charge in [-0.15, -0.1) is 0 Å². The van der Waals surface area contributed by atoms with Crippen molar-refractivity contribution in [1.82, 2.24) is 0 Å². The van der Waals surface area contributed by atoms with Gasteiger partial charge in [0.05, 0.1) is 0 Å². The first-order chi connectivity index (χ1) is 10.0. The van der Waals surface area contributed by atoms with Crippen LogP contribution in [0, 0.1) is 0 Å². The molecule has 3 heteroatoms. The van der Waals surface area contributed by atoms with Crippen LogP contribution in [0.3, 0.4) is 0 Å². The highest BCUT2D eigenvalue weighted by Crippen LogP contribution is 2.22. The second kappa shape index (κ2) is 8.60. The van der Waals surface area contributed by atoms with Crippen molar-refractivity contribution in [3.8, 4) is 0 Å². The molecule has 0 atom stereocenters. The normalized spacial score (nSPS) is 10.6. The van der Waals surface area contributed by atoms with E-state index in [0.29, 0.717) is 19.3 Å². The number of hydrogen-bond acceptors (Lipinski definition) is 2. The summed E-state index contributed by atoms with van der Waals surface area (Å²) in [7, 11) is 0. The van der Waals surface area contributed by atoms with Crippen molar-refractivity contribution in [2.75, 3.05) is 0 Å². The average Bonchev–Trinajstić information content (AvgIpc) is 2.49. The number of hydrogen-bond donors (Lipinski definition) is 1.